The average Bonchev–Trinajstić information content (AvgIpc) is 3.23. The van der Waals surface area contributed by atoms with Crippen molar-refractivity contribution in [2.24, 2.45) is 0 Å². The number of carbonyl (C=O) groups excluding carboxylic acids is 1. The molecule has 2 aromatic carbocycles. The van der Waals surface area contributed by atoms with Crippen molar-refractivity contribution in [2.45, 2.75) is 29.9 Å². The highest BCUT2D eigenvalue weighted by molar-refractivity contribution is 7.89. The Morgan fingerprint density at radius 1 is 1.14 bits per heavy atom. The molecule has 0 bridgehead atoms. The fourth-order valence-corrected chi connectivity index (χ4v) is 5.31. The number of carbonyl (C=O) groups is 1. The second-order valence-corrected chi connectivity index (χ2v) is 9.30. The van der Waals surface area contributed by atoms with E-state index in [4.69, 9.17) is 21.1 Å². The zero-order chi connectivity index (χ0) is 20.4. The Labute approximate surface area is 174 Å². The van der Waals surface area contributed by atoms with E-state index in [1.54, 1.807) is 6.07 Å². The molecule has 2 aliphatic heterocycles. The number of rotatable bonds is 5. The zero-order valence-electron chi connectivity index (χ0n) is 15.6. The van der Waals surface area contributed by atoms with Crippen molar-refractivity contribution < 1.29 is 22.7 Å². The van der Waals surface area contributed by atoms with Gasteiger partial charge in [-0.15, -0.1) is 0 Å². The SMILES string of the molecule is O=C(NC[C@@H]1COc2ccccc2O1)[C@@H]1CCCN1S(=O)(=O)c1ccc(Cl)cc1. The number of nitrogens with zero attached hydrogens (tertiary/aromatic N) is 1. The number of nitrogens with one attached hydrogen (secondary N) is 1. The summed E-state index contributed by atoms with van der Waals surface area (Å²) in [5, 5.41) is 3.27. The number of benzene rings is 2. The van der Waals surface area contributed by atoms with Crippen molar-refractivity contribution in [3.8, 4) is 11.5 Å². The molecule has 0 spiro atoms. The molecule has 0 saturated carbocycles. The summed E-state index contributed by atoms with van der Waals surface area (Å²) in [5.41, 5.74) is 0. The summed E-state index contributed by atoms with van der Waals surface area (Å²) in [6.07, 6.45) is 0.766. The Balaban J connectivity index is 1.40. The van der Waals surface area contributed by atoms with E-state index in [-0.39, 0.29) is 23.5 Å². The van der Waals surface area contributed by atoms with Crippen LogP contribution in [0.5, 0.6) is 11.5 Å². The van der Waals surface area contributed by atoms with Crippen LogP contribution >= 0.6 is 11.6 Å². The van der Waals surface area contributed by atoms with E-state index in [2.05, 4.69) is 5.32 Å². The number of hydrogen-bond donors (Lipinski definition) is 1. The van der Waals surface area contributed by atoms with E-state index in [0.717, 1.165) is 0 Å². The lowest BCUT2D eigenvalue weighted by Gasteiger charge is -2.28. The summed E-state index contributed by atoms with van der Waals surface area (Å²) in [5.74, 6) is 0.972. The van der Waals surface area contributed by atoms with E-state index in [1.165, 1.54) is 28.6 Å². The van der Waals surface area contributed by atoms with E-state index in [9.17, 15) is 13.2 Å². The summed E-state index contributed by atoms with van der Waals surface area (Å²) in [4.78, 5) is 12.9. The lowest BCUT2D eigenvalue weighted by molar-refractivity contribution is -0.124. The van der Waals surface area contributed by atoms with Gasteiger partial charge in [0.15, 0.2) is 11.5 Å². The first-order chi connectivity index (χ1) is 13.9. The van der Waals surface area contributed by atoms with Gasteiger partial charge in [-0.1, -0.05) is 23.7 Å². The largest absolute Gasteiger partial charge is 0.486 e. The molecule has 2 heterocycles. The molecule has 2 aliphatic rings. The average molecular weight is 437 g/mol. The van der Waals surface area contributed by atoms with Crippen LogP contribution in [-0.4, -0.2) is 50.5 Å². The highest BCUT2D eigenvalue weighted by atomic mass is 35.5. The predicted octanol–water partition coefficient (Wildman–Crippen LogP) is 2.45. The molecule has 29 heavy (non-hydrogen) atoms. The molecule has 2 aromatic rings. The Kier molecular flexibility index (Phi) is 5.67. The maximum atomic E-state index is 13.0. The molecule has 1 N–H and O–H groups in total. The van der Waals surface area contributed by atoms with Gasteiger partial charge in [0.2, 0.25) is 15.9 Å². The van der Waals surface area contributed by atoms with Gasteiger partial charge < -0.3 is 14.8 Å². The minimum atomic E-state index is -3.77. The fourth-order valence-electron chi connectivity index (χ4n) is 3.53. The first-order valence-electron chi connectivity index (χ1n) is 9.39. The van der Waals surface area contributed by atoms with Gasteiger partial charge in [-0.2, -0.15) is 4.31 Å². The summed E-state index contributed by atoms with van der Waals surface area (Å²) in [7, 11) is -3.77. The third-order valence-electron chi connectivity index (χ3n) is 5.00. The van der Waals surface area contributed by atoms with Gasteiger partial charge in [-0.05, 0) is 49.2 Å². The highest BCUT2D eigenvalue weighted by Crippen LogP contribution is 2.31. The molecule has 0 unspecified atom stereocenters. The highest BCUT2D eigenvalue weighted by Gasteiger charge is 2.39. The van der Waals surface area contributed by atoms with Crippen LogP contribution in [0.1, 0.15) is 12.8 Å². The molecule has 1 amide bonds. The van der Waals surface area contributed by atoms with Gasteiger partial charge in [-0.25, -0.2) is 8.42 Å². The monoisotopic (exact) mass is 436 g/mol. The molecule has 154 valence electrons. The minimum Gasteiger partial charge on any atom is -0.486 e. The maximum absolute atomic E-state index is 13.0. The molecule has 1 fully saturated rings. The van der Waals surface area contributed by atoms with Gasteiger partial charge in [-0.3, -0.25) is 4.79 Å². The maximum Gasteiger partial charge on any atom is 0.243 e. The van der Waals surface area contributed by atoms with Gasteiger partial charge in [0.25, 0.3) is 0 Å². The van der Waals surface area contributed by atoms with Crippen LogP contribution in [0.3, 0.4) is 0 Å². The topological polar surface area (TPSA) is 84.9 Å². The van der Waals surface area contributed by atoms with Crippen molar-refractivity contribution in [1.82, 2.24) is 9.62 Å². The normalized spacial score (nSPS) is 21.7. The van der Waals surface area contributed by atoms with Crippen LogP contribution < -0.4 is 14.8 Å². The molecule has 2 atom stereocenters. The van der Waals surface area contributed by atoms with Crippen LogP contribution in [0.4, 0.5) is 0 Å². The third-order valence-corrected chi connectivity index (χ3v) is 7.17. The molecule has 0 radical (unpaired) electrons. The van der Waals surface area contributed by atoms with E-state index < -0.39 is 16.1 Å². The lowest BCUT2D eigenvalue weighted by Crippen LogP contribution is -2.49. The Morgan fingerprint density at radius 2 is 1.86 bits per heavy atom. The molecule has 1 saturated heterocycles. The van der Waals surface area contributed by atoms with Crippen LogP contribution in [0.25, 0.3) is 0 Å². The number of halogens is 1. The molecule has 4 rings (SSSR count). The van der Waals surface area contributed by atoms with Crippen molar-refractivity contribution in [2.75, 3.05) is 19.7 Å². The quantitative estimate of drug-likeness (QED) is 0.778. The van der Waals surface area contributed by atoms with Crippen LogP contribution in [0.2, 0.25) is 5.02 Å². The molecule has 9 heteroatoms. The summed E-state index contributed by atoms with van der Waals surface area (Å²) < 4.78 is 38.7. The van der Waals surface area contributed by atoms with E-state index >= 15 is 0 Å². The van der Waals surface area contributed by atoms with Crippen LogP contribution in [-0.2, 0) is 14.8 Å². The second-order valence-electron chi connectivity index (χ2n) is 6.97. The number of sulfonamides is 1. The van der Waals surface area contributed by atoms with E-state index in [0.29, 0.717) is 42.5 Å². The molecule has 7 nitrogen and oxygen atoms in total. The number of hydrogen-bond acceptors (Lipinski definition) is 5. The lowest BCUT2D eigenvalue weighted by atomic mass is 10.2. The number of para-hydroxylation sites is 2. The van der Waals surface area contributed by atoms with Crippen molar-refractivity contribution >= 4 is 27.5 Å². The summed E-state index contributed by atoms with van der Waals surface area (Å²) in [6.45, 7) is 0.854. The van der Waals surface area contributed by atoms with Crippen molar-refractivity contribution in [1.29, 1.82) is 0 Å². The number of fused-ring (bicyclic) bond motifs is 1. The fraction of sp³-hybridized carbons (Fsp3) is 0.350. The predicted molar refractivity (Wildman–Crippen MR) is 108 cm³/mol. The Bertz CT molecular complexity index is 996. The summed E-state index contributed by atoms with van der Waals surface area (Å²) in [6, 6.07) is 12.6. The molecular weight excluding hydrogens is 416 g/mol. The van der Waals surface area contributed by atoms with Gasteiger partial charge in [0, 0.05) is 11.6 Å². The van der Waals surface area contributed by atoms with E-state index in [1.807, 2.05) is 18.2 Å². The van der Waals surface area contributed by atoms with Gasteiger partial charge in [0.05, 0.1) is 11.4 Å². The standard InChI is InChI=1S/C20H21ClN2O5S/c21-14-7-9-16(10-8-14)29(25,26)23-11-3-4-17(23)20(24)22-12-15-13-27-18-5-1-2-6-19(18)28-15/h1-2,5-10,15,17H,3-4,11-13H2,(H,22,24)/t15-,17+/m1/s1. The summed E-state index contributed by atoms with van der Waals surface area (Å²) >= 11 is 5.85. The van der Waals surface area contributed by atoms with Crippen molar-refractivity contribution in [3.63, 3.8) is 0 Å². The van der Waals surface area contributed by atoms with Gasteiger partial charge >= 0.3 is 0 Å². The number of ether oxygens (including phenoxy) is 2. The smallest absolute Gasteiger partial charge is 0.243 e. The van der Waals surface area contributed by atoms with Crippen LogP contribution in [0.15, 0.2) is 53.4 Å². The first kappa shape index (κ1) is 20.0. The number of amides is 1. The molecular formula is C20H21ClN2O5S. The minimum absolute atomic E-state index is 0.127. The molecule has 0 aromatic heterocycles. The Hall–Kier alpha value is -2.29. The molecule has 0 aliphatic carbocycles. The zero-order valence-corrected chi connectivity index (χ0v) is 17.2. The Morgan fingerprint density at radius 3 is 2.62 bits per heavy atom. The first-order valence-corrected chi connectivity index (χ1v) is 11.2. The second kappa shape index (κ2) is 8.22. The van der Waals surface area contributed by atoms with Gasteiger partial charge in [0.1, 0.15) is 18.8 Å². The van der Waals surface area contributed by atoms with Crippen molar-refractivity contribution in [3.05, 3.63) is 53.6 Å². The third kappa shape index (κ3) is 4.19. The van der Waals surface area contributed by atoms with Crippen LogP contribution in [0, 0.1) is 0 Å².